The molecule has 0 heterocycles. The molecular weight excluding hydrogens is 170 g/mol. The Kier molecular flexibility index (Phi) is 3.48. The van der Waals surface area contributed by atoms with Crippen molar-refractivity contribution in [2.24, 2.45) is 17.8 Å². The van der Waals surface area contributed by atoms with E-state index >= 15 is 0 Å². The van der Waals surface area contributed by atoms with Crippen LogP contribution in [-0.4, -0.2) is 12.6 Å². The van der Waals surface area contributed by atoms with Gasteiger partial charge in [-0.05, 0) is 56.4 Å². The average Bonchev–Trinajstić information content (AvgIpc) is 2.80. The number of hydrogen-bond donors (Lipinski definition) is 1. The molecule has 2 rings (SSSR count). The zero-order chi connectivity index (χ0) is 9.97. The van der Waals surface area contributed by atoms with Crippen molar-refractivity contribution >= 4 is 0 Å². The Morgan fingerprint density at radius 1 is 1.14 bits per heavy atom. The molecule has 0 amide bonds. The summed E-state index contributed by atoms with van der Waals surface area (Å²) in [7, 11) is 0. The minimum atomic E-state index is 0.772. The van der Waals surface area contributed by atoms with Gasteiger partial charge < -0.3 is 5.32 Å². The van der Waals surface area contributed by atoms with Gasteiger partial charge in [0, 0.05) is 6.04 Å². The molecule has 2 saturated carbocycles. The standard InChI is InChI=1S/C13H25N/c1-3-13(4-2)14-9-12-8-10-5-6-11(12)7-10/h10-14H,3-9H2,1-2H3/t10-,11+,12-/m1/s1. The highest BCUT2D eigenvalue weighted by Gasteiger charge is 2.38. The Balaban J connectivity index is 1.71. The van der Waals surface area contributed by atoms with Gasteiger partial charge in [0.25, 0.3) is 0 Å². The van der Waals surface area contributed by atoms with Crippen LogP contribution in [0.3, 0.4) is 0 Å². The maximum Gasteiger partial charge on any atom is 0.00619 e. The van der Waals surface area contributed by atoms with E-state index in [1.165, 1.54) is 38.6 Å². The smallest absolute Gasteiger partial charge is 0.00619 e. The zero-order valence-electron chi connectivity index (χ0n) is 9.76. The molecule has 0 aliphatic heterocycles. The third-order valence-electron chi connectivity index (χ3n) is 4.54. The number of rotatable bonds is 5. The van der Waals surface area contributed by atoms with Crippen LogP contribution in [0.2, 0.25) is 0 Å². The normalized spacial score (nSPS) is 35.8. The van der Waals surface area contributed by atoms with Crippen LogP contribution in [0.25, 0.3) is 0 Å². The average molecular weight is 195 g/mol. The van der Waals surface area contributed by atoms with Gasteiger partial charge in [-0.1, -0.05) is 20.3 Å². The molecule has 3 atom stereocenters. The SMILES string of the molecule is CCC(CC)NC[C@H]1C[C@@H]2CC[C@H]1C2. The summed E-state index contributed by atoms with van der Waals surface area (Å²) >= 11 is 0. The molecule has 0 aromatic carbocycles. The summed E-state index contributed by atoms with van der Waals surface area (Å²) in [6, 6.07) is 0.772. The van der Waals surface area contributed by atoms with Crippen LogP contribution in [0.15, 0.2) is 0 Å². The van der Waals surface area contributed by atoms with Crippen molar-refractivity contribution in [1.29, 1.82) is 0 Å². The molecule has 0 saturated heterocycles. The van der Waals surface area contributed by atoms with E-state index in [1.54, 1.807) is 6.42 Å². The Hall–Kier alpha value is -0.0400. The van der Waals surface area contributed by atoms with E-state index in [4.69, 9.17) is 0 Å². The summed E-state index contributed by atoms with van der Waals surface area (Å²) in [6.07, 6.45) is 8.72. The summed E-state index contributed by atoms with van der Waals surface area (Å²) in [6.45, 7) is 5.89. The van der Waals surface area contributed by atoms with E-state index in [9.17, 15) is 0 Å². The van der Waals surface area contributed by atoms with E-state index in [2.05, 4.69) is 19.2 Å². The lowest BCUT2D eigenvalue weighted by molar-refractivity contribution is 0.302. The summed E-state index contributed by atoms with van der Waals surface area (Å²) in [5.74, 6) is 3.21. The van der Waals surface area contributed by atoms with Crippen LogP contribution in [-0.2, 0) is 0 Å². The second kappa shape index (κ2) is 4.65. The second-order valence-electron chi connectivity index (χ2n) is 5.36. The first-order chi connectivity index (χ1) is 6.83. The van der Waals surface area contributed by atoms with Crippen molar-refractivity contribution in [2.45, 2.75) is 58.4 Å². The van der Waals surface area contributed by atoms with Gasteiger partial charge in [-0.2, -0.15) is 0 Å². The molecule has 2 bridgehead atoms. The first-order valence-corrected chi connectivity index (χ1v) is 6.56. The van der Waals surface area contributed by atoms with Gasteiger partial charge in [0.2, 0.25) is 0 Å². The third-order valence-corrected chi connectivity index (χ3v) is 4.54. The Bertz CT molecular complexity index is 174. The van der Waals surface area contributed by atoms with Crippen molar-refractivity contribution in [3.05, 3.63) is 0 Å². The second-order valence-corrected chi connectivity index (χ2v) is 5.36. The lowest BCUT2D eigenvalue weighted by Crippen LogP contribution is -2.34. The van der Waals surface area contributed by atoms with Gasteiger partial charge in [-0.25, -0.2) is 0 Å². The maximum atomic E-state index is 3.75. The van der Waals surface area contributed by atoms with Crippen LogP contribution in [0.5, 0.6) is 0 Å². The molecule has 1 nitrogen and oxygen atoms in total. The first kappa shape index (κ1) is 10.5. The molecule has 0 spiro atoms. The fourth-order valence-electron chi connectivity index (χ4n) is 3.52. The van der Waals surface area contributed by atoms with E-state index in [1.807, 2.05) is 0 Å². The monoisotopic (exact) mass is 195 g/mol. The molecule has 0 radical (unpaired) electrons. The molecule has 2 fully saturated rings. The molecule has 1 N–H and O–H groups in total. The van der Waals surface area contributed by atoms with Crippen molar-refractivity contribution in [2.75, 3.05) is 6.54 Å². The van der Waals surface area contributed by atoms with Gasteiger partial charge in [0.15, 0.2) is 0 Å². The van der Waals surface area contributed by atoms with Crippen LogP contribution in [0.4, 0.5) is 0 Å². The fraction of sp³-hybridized carbons (Fsp3) is 1.00. The zero-order valence-corrected chi connectivity index (χ0v) is 9.76. The molecule has 14 heavy (non-hydrogen) atoms. The lowest BCUT2D eigenvalue weighted by atomic mass is 9.88. The predicted octanol–water partition coefficient (Wildman–Crippen LogP) is 3.20. The van der Waals surface area contributed by atoms with Gasteiger partial charge in [0.1, 0.15) is 0 Å². The molecule has 2 aliphatic rings. The summed E-state index contributed by atoms with van der Waals surface area (Å²) in [4.78, 5) is 0. The van der Waals surface area contributed by atoms with Crippen molar-refractivity contribution in [3.8, 4) is 0 Å². The number of fused-ring (bicyclic) bond motifs is 2. The minimum absolute atomic E-state index is 0.772. The minimum Gasteiger partial charge on any atom is -0.314 e. The van der Waals surface area contributed by atoms with E-state index < -0.39 is 0 Å². The molecule has 82 valence electrons. The Morgan fingerprint density at radius 2 is 1.93 bits per heavy atom. The van der Waals surface area contributed by atoms with Crippen molar-refractivity contribution < 1.29 is 0 Å². The quantitative estimate of drug-likeness (QED) is 0.710. The third kappa shape index (κ3) is 2.13. The summed E-state index contributed by atoms with van der Waals surface area (Å²) < 4.78 is 0. The predicted molar refractivity (Wildman–Crippen MR) is 61.3 cm³/mol. The van der Waals surface area contributed by atoms with Gasteiger partial charge in [-0.15, -0.1) is 0 Å². The molecule has 2 aliphatic carbocycles. The Labute approximate surface area is 88.7 Å². The Morgan fingerprint density at radius 3 is 2.43 bits per heavy atom. The van der Waals surface area contributed by atoms with Crippen molar-refractivity contribution in [3.63, 3.8) is 0 Å². The van der Waals surface area contributed by atoms with E-state index in [-0.39, 0.29) is 0 Å². The van der Waals surface area contributed by atoms with Crippen LogP contribution < -0.4 is 5.32 Å². The van der Waals surface area contributed by atoms with Crippen LogP contribution in [0, 0.1) is 17.8 Å². The van der Waals surface area contributed by atoms with E-state index in [0.29, 0.717) is 0 Å². The first-order valence-electron chi connectivity index (χ1n) is 6.56. The molecule has 1 heteroatoms. The van der Waals surface area contributed by atoms with Crippen molar-refractivity contribution in [1.82, 2.24) is 5.32 Å². The topological polar surface area (TPSA) is 12.0 Å². The fourth-order valence-corrected chi connectivity index (χ4v) is 3.52. The molecule has 0 aromatic heterocycles. The van der Waals surface area contributed by atoms with Gasteiger partial charge >= 0.3 is 0 Å². The van der Waals surface area contributed by atoms with Crippen LogP contribution >= 0.6 is 0 Å². The number of nitrogens with one attached hydrogen (secondary N) is 1. The maximum absolute atomic E-state index is 3.75. The van der Waals surface area contributed by atoms with E-state index in [0.717, 1.165) is 23.8 Å². The largest absolute Gasteiger partial charge is 0.314 e. The number of hydrogen-bond acceptors (Lipinski definition) is 1. The highest BCUT2D eigenvalue weighted by molar-refractivity contribution is 4.91. The summed E-state index contributed by atoms with van der Waals surface area (Å²) in [5, 5.41) is 3.75. The van der Waals surface area contributed by atoms with Gasteiger partial charge in [0.05, 0.1) is 0 Å². The molecular formula is C13H25N. The lowest BCUT2D eigenvalue weighted by Gasteiger charge is -2.24. The van der Waals surface area contributed by atoms with Crippen LogP contribution in [0.1, 0.15) is 52.4 Å². The highest BCUT2D eigenvalue weighted by Crippen LogP contribution is 2.47. The summed E-state index contributed by atoms with van der Waals surface area (Å²) in [5.41, 5.74) is 0. The van der Waals surface area contributed by atoms with Gasteiger partial charge in [-0.3, -0.25) is 0 Å². The molecule has 0 unspecified atom stereocenters. The molecule has 0 aromatic rings. The highest BCUT2D eigenvalue weighted by atomic mass is 14.9.